The van der Waals surface area contributed by atoms with E-state index in [1.54, 1.807) is 0 Å². The summed E-state index contributed by atoms with van der Waals surface area (Å²) in [5.74, 6) is -0.777. The highest BCUT2D eigenvalue weighted by Crippen LogP contribution is 2.38. The van der Waals surface area contributed by atoms with Crippen LogP contribution < -0.4 is 16.8 Å². The summed E-state index contributed by atoms with van der Waals surface area (Å²) in [5, 5.41) is 36.9. The van der Waals surface area contributed by atoms with Crippen molar-refractivity contribution in [3.63, 3.8) is 0 Å². The number of rotatable bonds is 6. The van der Waals surface area contributed by atoms with Gasteiger partial charge in [0.25, 0.3) is 0 Å². The Morgan fingerprint density at radius 1 is 0.582 bits per heavy atom. The Balaban J connectivity index is 0.000000256. The number of carbonyl (C=O) groups is 5. The third-order valence-electron chi connectivity index (χ3n) is 11.0. The van der Waals surface area contributed by atoms with Gasteiger partial charge in [0.05, 0.1) is 22.3 Å². The molecule has 1 saturated heterocycles. The Hall–Kier alpha value is -4.29. The highest BCUT2D eigenvalue weighted by molar-refractivity contribution is 5.93. The lowest BCUT2D eigenvalue weighted by Crippen LogP contribution is -2.37. The molecule has 6 unspecified atom stereocenters. The SMILES string of the molecule is CC1CC(CC2CCC(N)C(C)C2)CCC1N.O=C(O)c1ccc(C(=O)O)cc1.O=C(O)c1cccc(C(=O)O)c1.O=C1CCCCCCCCCCCN1. The Kier molecular flexibility index (Phi) is 21.9. The topological polar surface area (TPSA) is 230 Å². The van der Waals surface area contributed by atoms with Crippen molar-refractivity contribution in [3.8, 4) is 0 Å². The average molecular weight is 768 g/mol. The van der Waals surface area contributed by atoms with Crippen LogP contribution in [0, 0.1) is 23.7 Å². The van der Waals surface area contributed by atoms with E-state index in [0.29, 0.717) is 12.1 Å². The summed E-state index contributed by atoms with van der Waals surface area (Å²) in [6.07, 6.45) is 21.6. The molecule has 2 saturated carbocycles. The first-order valence-electron chi connectivity index (χ1n) is 20.1. The number of aromatic carboxylic acids is 4. The maximum atomic E-state index is 11.3. The summed E-state index contributed by atoms with van der Waals surface area (Å²) in [6, 6.07) is 11.1. The molecule has 306 valence electrons. The van der Waals surface area contributed by atoms with E-state index in [1.165, 1.54) is 132 Å². The van der Waals surface area contributed by atoms with Crippen LogP contribution in [0.2, 0.25) is 0 Å². The fourth-order valence-corrected chi connectivity index (χ4v) is 7.47. The van der Waals surface area contributed by atoms with E-state index < -0.39 is 23.9 Å². The van der Waals surface area contributed by atoms with Gasteiger partial charge >= 0.3 is 23.9 Å². The minimum absolute atomic E-state index is 0.0186. The van der Waals surface area contributed by atoms with Crippen molar-refractivity contribution < 1.29 is 44.4 Å². The van der Waals surface area contributed by atoms with E-state index in [2.05, 4.69) is 19.2 Å². The number of nitrogens with two attached hydrogens (primary N) is 2. The molecule has 0 radical (unpaired) electrons. The van der Waals surface area contributed by atoms with Gasteiger partial charge in [-0.3, -0.25) is 4.79 Å². The van der Waals surface area contributed by atoms with Gasteiger partial charge in [0.1, 0.15) is 0 Å². The first kappa shape index (κ1) is 46.9. The molecule has 0 bridgehead atoms. The van der Waals surface area contributed by atoms with Gasteiger partial charge in [-0.2, -0.15) is 0 Å². The lowest BCUT2D eigenvalue weighted by molar-refractivity contribution is -0.121. The molecule has 55 heavy (non-hydrogen) atoms. The number of amides is 1. The van der Waals surface area contributed by atoms with Gasteiger partial charge in [-0.15, -0.1) is 0 Å². The van der Waals surface area contributed by atoms with Gasteiger partial charge in [0, 0.05) is 25.0 Å². The monoisotopic (exact) mass is 767 g/mol. The summed E-state index contributed by atoms with van der Waals surface area (Å²) < 4.78 is 0. The van der Waals surface area contributed by atoms with Crippen molar-refractivity contribution in [1.29, 1.82) is 0 Å². The zero-order chi connectivity index (χ0) is 40.8. The highest BCUT2D eigenvalue weighted by atomic mass is 16.4. The van der Waals surface area contributed by atoms with Crippen molar-refractivity contribution in [2.24, 2.45) is 35.1 Å². The second-order valence-corrected chi connectivity index (χ2v) is 15.5. The number of nitrogens with one attached hydrogen (secondary N) is 1. The largest absolute Gasteiger partial charge is 0.478 e. The maximum Gasteiger partial charge on any atom is 0.335 e. The summed E-state index contributed by atoms with van der Waals surface area (Å²) >= 11 is 0. The predicted molar refractivity (Wildman–Crippen MR) is 213 cm³/mol. The molecular formula is C43H65N3O9. The molecule has 3 fully saturated rings. The second kappa shape index (κ2) is 25.7. The number of hydrogen-bond donors (Lipinski definition) is 7. The van der Waals surface area contributed by atoms with Gasteiger partial charge in [-0.05, 0) is 124 Å². The molecule has 2 aliphatic carbocycles. The predicted octanol–water partition coefficient (Wildman–Crippen LogP) is 8.09. The van der Waals surface area contributed by atoms with Crippen molar-refractivity contribution in [3.05, 3.63) is 70.8 Å². The summed E-state index contributed by atoms with van der Waals surface area (Å²) in [7, 11) is 0. The lowest BCUT2D eigenvalue weighted by Gasteiger charge is -2.37. The maximum absolute atomic E-state index is 11.3. The number of carboxylic acids is 4. The summed E-state index contributed by atoms with van der Waals surface area (Å²) in [6.45, 7) is 5.55. The zero-order valence-electron chi connectivity index (χ0n) is 32.8. The molecule has 1 heterocycles. The third-order valence-corrected chi connectivity index (χ3v) is 11.0. The molecule has 0 aromatic heterocycles. The van der Waals surface area contributed by atoms with Gasteiger partial charge < -0.3 is 37.2 Å². The molecule has 12 nitrogen and oxygen atoms in total. The quantitative estimate of drug-likeness (QED) is 0.148. The van der Waals surface area contributed by atoms with Crippen molar-refractivity contribution >= 4 is 29.8 Å². The highest BCUT2D eigenvalue weighted by Gasteiger charge is 2.30. The van der Waals surface area contributed by atoms with Gasteiger partial charge in [0.2, 0.25) is 5.91 Å². The smallest absolute Gasteiger partial charge is 0.335 e. The Morgan fingerprint density at radius 2 is 0.964 bits per heavy atom. The molecule has 6 atom stereocenters. The fraction of sp³-hybridized carbons (Fsp3) is 0.605. The van der Waals surface area contributed by atoms with Crippen LogP contribution in [0.5, 0.6) is 0 Å². The van der Waals surface area contributed by atoms with E-state index in [9.17, 15) is 24.0 Å². The van der Waals surface area contributed by atoms with Crippen molar-refractivity contribution in [2.75, 3.05) is 6.54 Å². The van der Waals surface area contributed by atoms with Crippen molar-refractivity contribution in [1.82, 2.24) is 5.32 Å². The molecule has 5 rings (SSSR count). The zero-order valence-corrected chi connectivity index (χ0v) is 32.8. The van der Waals surface area contributed by atoms with E-state index >= 15 is 0 Å². The number of carboxylic acid groups (broad SMARTS) is 4. The van der Waals surface area contributed by atoms with Crippen molar-refractivity contribution in [2.45, 2.75) is 135 Å². The van der Waals surface area contributed by atoms with E-state index in [-0.39, 0.29) is 28.2 Å². The molecule has 2 aromatic carbocycles. The van der Waals surface area contributed by atoms with E-state index in [4.69, 9.17) is 31.9 Å². The minimum atomic E-state index is -1.13. The molecule has 12 heteroatoms. The second-order valence-electron chi connectivity index (χ2n) is 15.5. The first-order chi connectivity index (χ1) is 26.2. The van der Waals surface area contributed by atoms with Crippen LogP contribution >= 0.6 is 0 Å². The molecule has 9 N–H and O–H groups in total. The number of hydrogen-bond acceptors (Lipinski definition) is 7. The average Bonchev–Trinajstić information content (AvgIpc) is 3.18. The molecule has 3 aliphatic rings. The van der Waals surface area contributed by atoms with Crippen LogP contribution in [0.3, 0.4) is 0 Å². The number of benzene rings is 2. The molecular weight excluding hydrogens is 702 g/mol. The van der Waals surface area contributed by atoms with Gasteiger partial charge in [-0.25, -0.2) is 19.2 Å². The summed E-state index contributed by atoms with van der Waals surface area (Å²) in [5.41, 5.74) is 12.3. The van der Waals surface area contributed by atoms with Crippen LogP contribution in [0.25, 0.3) is 0 Å². The van der Waals surface area contributed by atoms with Crippen LogP contribution in [-0.2, 0) is 4.79 Å². The van der Waals surface area contributed by atoms with Gasteiger partial charge in [0.15, 0.2) is 0 Å². The van der Waals surface area contributed by atoms with E-state index in [1.807, 2.05) is 0 Å². The Bertz CT molecular complexity index is 1380. The standard InChI is InChI=1S/C15H30N2.C12H23NO.2C8H6O4/c1-10-7-12(3-5-14(10)16)9-13-4-6-15(17)11(2)8-13;14-12-10-8-6-4-2-1-3-5-7-9-11-13-12;9-7(10)5-1-2-6(4-3-5)8(11)12;9-7(10)5-2-1-3-6(4-5)8(11)12/h10-15H,3-9,16-17H2,1-2H3;1-11H2,(H,13,14);2*1-4H,(H,9,10)(H,11,12). The molecule has 1 aliphatic heterocycles. The minimum Gasteiger partial charge on any atom is -0.478 e. The van der Waals surface area contributed by atoms with Gasteiger partial charge in [-0.1, -0.05) is 64.9 Å². The van der Waals surface area contributed by atoms with Crippen LogP contribution in [0.1, 0.15) is 164 Å². The Morgan fingerprint density at radius 3 is 1.35 bits per heavy atom. The van der Waals surface area contributed by atoms with Crippen LogP contribution in [-0.4, -0.2) is 68.8 Å². The first-order valence-corrected chi connectivity index (χ1v) is 20.1. The molecule has 0 spiro atoms. The van der Waals surface area contributed by atoms with E-state index in [0.717, 1.165) is 55.5 Å². The molecule has 2 aromatic rings. The summed E-state index contributed by atoms with van der Waals surface area (Å²) in [4.78, 5) is 52.7. The normalized spacial score (nSPS) is 24.7. The van der Waals surface area contributed by atoms with Crippen LogP contribution in [0.4, 0.5) is 0 Å². The lowest BCUT2D eigenvalue weighted by atomic mass is 9.71. The number of carbonyl (C=O) groups excluding carboxylic acids is 1. The van der Waals surface area contributed by atoms with Crippen LogP contribution in [0.15, 0.2) is 48.5 Å². The third kappa shape index (κ3) is 19.2. The molecule has 1 amide bonds. The Labute approximate surface area is 326 Å². The fourth-order valence-electron chi connectivity index (χ4n) is 7.47.